The van der Waals surface area contributed by atoms with Crippen LogP contribution >= 0.6 is 0 Å². The molecule has 1 amide bonds. The number of benzene rings is 1. The molecule has 2 atom stereocenters. The first-order chi connectivity index (χ1) is 9.97. The van der Waals surface area contributed by atoms with E-state index < -0.39 is 10.8 Å². The minimum Gasteiger partial charge on any atom is -0.484 e. The van der Waals surface area contributed by atoms with Gasteiger partial charge in [0.05, 0.1) is 11.0 Å². The van der Waals surface area contributed by atoms with Crippen LogP contribution in [0.15, 0.2) is 18.2 Å². The van der Waals surface area contributed by atoms with E-state index in [2.05, 4.69) is 5.32 Å². The lowest BCUT2D eigenvalue weighted by atomic mass is 10.2. The Hall–Kier alpha value is -2.19. The largest absolute Gasteiger partial charge is 0.484 e. The third kappa shape index (κ3) is 3.89. The molecule has 1 fully saturated rings. The van der Waals surface area contributed by atoms with Crippen LogP contribution in [0.25, 0.3) is 0 Å². The highest BCUT2D eigenvalue weighted by molar-refractivity contribution is 5.93. The number of nitrogens with two attached hydrogens (primary N) is 1. The van der Waals surface area contributed by atoms with E-state index in [1.807, 2.05) is 6.92 Å². The summed E-state index contributed by atoms with van der Waals surface area (Å²) >= 11 is 0. The molecule has 1 aliphatic rings. The lowest BCUT2D eigenvalue weighted by Gasteiger charge is -2.28. The normalized spacial score (nSPS) is 21.8. The number of primary amides is 1. The van der Waals surface area contributed by atoms with E-state index >= 15 is 0 Å². The second-order valence-electron chi connectivity index (χ2n) is 4.84. The number of rotatable bonds is 5. The number of hydrogen-bond donors (Lipinski definition) is 2. The van der Waals surface area contributed by atoms with E-state index in [0.29, 0.717) is 6.54 Å². The third-order valence-corrected chi connectivity index (χ3v) is 3.09. The first-order valence-electron chi connectivity index (χ1n) is 6.54. The zero-order valence-electron chi connectivity index (χ0n) is 11.6. The van der Waals surface area contributed by atoms with Crippen molar-refractivity contribution < 1.29 is 19.2 Å². The fraction of sp³-hybridized carbons (Fsp3) is 0.462. The molecule has 1 aliphatic heterocycles. The average Bonchev–Trinajstić information content (AvgIpc) is 2.44. The van der Waals surface area contributed by atoms with E-state index in [0.717, 1.165) is 6.54 Å². The molecule has 1 aromatic carbocycles. The molecule has 2 unspecified atom stereocenters. The lowest BCUT2D eigenvalue weighted by Crippen LogP contribution is -2.45. The number of hydrogen-bond acceptors (Lipinski definition) is 6. The summed E-state index contributed by atoms with van der Waals surface area (Å²) < 4.78 is 11.1. The van der Waals surface area contributed by atoms with Gasteiger partial charge in [-0.05, 0) is 13.0 Å². The first-order valence-corrected chi connectivity index (χ1v) is 6.54. The maximum atomic E-state index is 11.1. The number of nitrogens with zero attached hydrogens (tertiary/aromatic N) is 1. The molecule has 114 valence electrons. The lowest BCUT2D eigenvalue weighted by molar-refractivity contribution is -0.386. The Balaban J connectivity index is 2.11. The smallest absolute Gasteiger partial charge is 0.310 e. The molecule has 0 aliphatic carbocycles. The predicted molar refractivity (Wildman–Crippen MR) is 74.3 cm³/mol. The molecule has 8 nitrogen and oxygen atoms in total. The maximum absolute atomic E-state index is 11.1. The Labute approximate surface area is 121 Å². The van der Waals surface area contributed by atoms with Gasteiger partial charge in [0, 0.05) is 30.8 Å². The van der Waals surface area contributed by atoms with Gasteiger partial charge in [-0.15, -0.1) is 0 Å². The van der Waals surface area contributed by atoms with Crippen LogP contribution in [0, 0.1) is 10.1 Å². The zero-order chi connectivity index (χ0) is 15.4. The number of carbonyl (C=O) groups is 1. The van der Waals surface area contributed by atoms with E-state index in [9.17, 15) is 14.9 Å². The van der Waals surface area contributed by atoms with E-state index in [4.69, 9.17) is 15.2 Å². The van der Waals surface area contributed by atoms with Gasteiger partial charge in [0.25, 0.3) is 0 Å². The average molecular weight is 295 g/mol. The SMILES string of the molecule is CC1CNCC(COc2cc(C(N)=O)ccc2[N+](=O)[O-])O1. The molecule has 0 saturated carbocycles. The van der Waals surface area contributed by atoms with Gasteiger partial charge in [0.15, 0.2) is 5.75 Å². The van der Waals surface area contributed by atoms with Crippen LogP contribution in [0.5, 0.6) is 5.75 Å². The molecule has 1 heterocycles. The quantitative estimate of drug-likeness (QED) is 0.601. The maximum Gasteiger partial charge on any atom is 0.310 e. The van der Waals surface area contributed by atoms with E-state index in [1.54, 1.807) is 0 Å². The van der Waals surface area contributed by atoms with Crippen molar-refractivity contribution in [1.29, 1.82) is 0 Å². The number of morpholine rings is 1. The second-order valence-corrected chi connectivity index (χ2v) is 4.84. The van der Waals surface area contributed by atoms with Crippen molar-refractivity contribution in [2.24, 2.45) is 5.73 Å². The molecule has 21 heavy (non-hydrogen) atoms. The standard InChI is InChI=1S/C13H17N3O5/c1-8-5-15-6-10(21-8)7-20-12-4-9(13(14)17)2-3-11(12)16(18)19/h2-4,8,10,15H,5-7H2,1H3,(H2,14,17). The van der Waals surface area contributed by atoms with Gasteiger partial charge in [0.1, 0.15) is 12.7 Å². The Morgan fingerprint density at radius 3 is 2.95 bits per heavy atom. The topological polar surface area (TPSA) is 117 Å². The number of nitro groups is 1. The van der Waals surface area contributed by atoms with Crippen molar-refractivity contribution in [1.82, 2.24) is 5.32 Å². The van der Waals surface area contributed by atoms with Crippen LogP contribution in [0.1, 0.15) is 17.3 Å². The highest BCUT2D eigenvalue weighted by atomic mass is 16.6. The second kappa shape index (κ2) is 6.51. The minimum atomic E-state index is -0.668. The van der Waals surface area contributed by atoms with Crippen LogP contribution in [-0.4, -0.2) is 42.7 Å². The predicted octanol–water partition coefficient (Wildman–Crippen LogP) is 0.449. The summed E-state index contributed by atoms with van der Waals surface area (Å²) in [7, 11) is 0. The molecular weight excluding hydrogens is 278 g/mol. The van der Waals surface area contributed by atoms with Gasteiger partial charge in [-0.3, -0.25) is 14.9 Å². The molecule has 1 aromatic rings. The first kappa shape index (κ1) is 15.2. The van der Waals surface area contributed by atoms with Crippen LogP contribution in [-0.2, 0) is 4.74 Å². The van der Waals surface area contributed by atoms with Crippen LogP contribution < -0.4 is 15.8 Å². The summed E-state index contributed by atoms with van der Waals surface area (Å²) in [5.74, 6) is -0.655. The molecule has 0 spiro atoms. The molecule has 8 heteroatoms. The Morgan fingerprint density at radius 1 is 1.57 bits per heavy atom. The van der Waals surface area contributed by atoms with Crippen molar-refractivity contribution in [2.75, 3.05) is 19.7 Å². The fourth-order valence-electron chi connectivity index (χ4n) is 2.09. The summed E-state index contributed by atoms with van der Waals surface area (Å²) in [4.78, 5) is 21.6. The van der Waals surface area contributed by atoms with Crippen LogP contribution in [0.4, 0.5) is 5.69 Å². The third-order valence-electron chi connectivity index (χ3n) is 3.09. The van der Waals surface area contributed by atoms with Gasteiger partial charge in [-0.1, -0.05) is 0 Å². The molecule has 2 rings (SSSR count). The van der Waals surface area contributed by atoms with E-state index in [1.165, 1.54) is 18.2 Å². The Morgan fingerprint density at radius 2 is 2.33 bits per heavy atom. The van der Waals surface area contributed by atoms with Gasteiger partial charge in [-0.25, -0.2) is 0 Å². The highest BCUT2D eigenvalue weighted by Crippen LogP contribution is 2.28. The number of ether oxygens (including phenoxy) is 2. The summed E-state index contributed by atoms with van der Waals surface area (Å²) in [5.41, 5.74) is 5.11. The van der Waals surface area contributed by atoms with Crippen molar-refractivity contribution in [3.8, 4) is 5.75 Å². The fourth-order valence-corrected chi connectivity index (χ4v) is 2.09. The molecule has 0 radical (unpaired) electrons. The minimum absolute atomic E-state index is 0.0122. The number of nitrogens with one attached hydrogen (secondary N) is 1. The number of amides is 1. The monoisotopic (exact) mass is 295 g/mol. The van der Waals surface area contributed by atoms with Crippen LogP contribution in [0.2, 0.25) is 0 Å². The van der Waals surface area contributed by atoms with Gasteiger partial charge >= 0.3 is 5.69 Å². The van der Waals surface area contributed by atoms with Gasteiger partial charge in [0.2, 0.25) is 5.91 Å². The van der Waals surface area contributed by atoms with Crippen molar-refractivity contribution in [3.05, 3.63) is 33.9 Å². The molecule has 0 bridgehead atoms. The highest BCUT2D eigenvalue weighted by Gasteiger charge is 2.22. The van der Waals surface area contributed by atoms with E-state index in [-0.39, 0.29) is 35.8 Å². The number of nitro benzene ring substituents is 1. The number of carbonyl (C=O) groups excluding carboxylic acids is 1. The van der Waals surface area contributed by atoms with Crippen molar-refractivity contribution >= 4 is 11.6 Å². The van der Waals surface area contributed by atoms with Gasteiger partial charge in [-0.2, -0.15) is 0 Å². The Bertz CT molecular complexity index is 549. The Kier molecular flexibility index (Phi) is 4.71. The van der Waals surface area contributed by atoms with Crippen molar-refractivity contribution in [3.63, 3.8) is 0 Å². The summed E-state index contributed by atoms with van der Waals surface area (Å²) in [6.45, 7) is 3.44. The summed E-state index contributed by atoms with van der Waals surface area (Å²) in [5, 5.41) is 14.1. The van der Waals surface area contributed by atoms with Gasteiger partial charge < -0.3 is 20.5 Å². The van der Waals surface area contributed by atoms with Crippen molar-refractivity contribution in [2.45, 2.75) is 19.1 Å². The summed E-state index contributed by atoms with van der Waals surface area (Å²) in [6.07, 6.45) is -0.148. The summed E-state index contributed by atoms with van der Waals surface area (Å²) in [6, 6.07) is 3.78. The molecule has 3 N–H and O–H groups in total. The van der Waals surface area contributed by atoms with Crippen LogP contribution in [0.3, 0.4) is 0 Å². The molecule has 0 aromatic heterocycles. The molecular formula is C13H17N3O5. The zero-order valence-corrected chi connectivity index (χ0v) is 11.6. The molecule has 1 saturated heterocycles.